The molecule has 8 heteroatoms. The molecule has 0 radical (unpaired) electrons. The minimum atomic E-state index is -0.406. The zero-order valence-electron chi connectivity index (χ0n) is 13.7. The molecule has 0 amide bonds. The number of aliphatic imine (C=N–C) groups is 1. The number of rotatable bonds is 6. The number of hydrogen-bond donors (Lipinski definition) is 2. The number of halogens is 2. The molecule has 2 aromatic carbocycles. The summed E-state index contributed by atoms with van der Waals surface area (Å²) in [4.78, 5) is 14.9. The first kappa shape index (κ1) is 21.2. The molecular weight excluding hydrogens is 455 g/mol. The second-order valence-electron chi connectivity index (χ2n) is 5.10. The first-order chi connectivity index (χ1) is 11.6. The van der Waals surface area contributed by atoms with E-state index in [-0.39, 0.29) is 29.7 Å². The molecule has 0 saturated heterocycles. The van der Waals surface area contributed by atoms with Gasteiger partial charge in [-0.2, -0.15) is 0 Å². The van der Waals surface area contributed by atoms with Crippen molar-refractivity contribution in [2.45, 2.75) is 20.0 Å². The van der Waals surface area contributed by atoms with Gasteiger partial charge in [0.2, 0.25) is 0 Å². The lowest BCUT2D eigenvalue weighted by Gasteiger charge is -2.11. The largest absolute Gasteiger partial charge is 0.357 e. The predicted octanol–water partition coefficient (Wildman–Crippen LogP) is 4.12. The first-order valence-corrected chi connectivity index (χ1v) is 7.96. The summed E-state index contributed by atoms with van der Waals surface area (Å²) in [5.74, 6) is 0.652. The normalized spacial score (nSPS) is 10.7. The molecule has 0 bridgehead atoms. The summed E-state index contributed by atoms with van der Waals surface area (Å²) in [6, 6.07) is 14.1. The van der Waals surface area contributed by atoms with Gasteiger partial charge < -0.3 is 10.6 Å². The molecule has 0 spiro atoms. The molecule has 25 heavy (non-hydrogen) atoms. The molecule has 2 rings (SSSR count). The van der Waals surface area contributed by atoms with Crippen LogP contribution in [0, 0.1) is 10.1 Å². The van der Waals surface area contributed by atoms with E-state index in [1.807, 2.05) is 37.3 Å². The van der Waals surface area contributed by atoms with Crippen molar-refractivity contribution < 1.29 is 4.92 Å². The Labute approximate surface area is 168 Å². The number of non-ortho nitro benzene ring substituents is 1. The maximum Gasteiger partial charge on any atom is 0.269 e. The maximum absolute atomic E-state index is 10.8. The number of nitrogens with one attached hydrogen (secondary N) is 2. The molecule has 0 atom stereocenters. The molecule has 134 valence electrons. The van der Waals surface area contributed by atoms with Gasteiger partial charge in [-0.05, 0) is 30.2 Å². The molecule has 0 fully saturated rings. The average molecular weight is 475 g/mol. The molecule has 0 saturated carbocycles. The van der Waals surface area contributed by atoms with Gasteiger partial charge in [0.1, 0.15) is 0 Å². The van der Waals surface area contributed by atoms with E-state index in [0.29, 0.717) is 24.1 Å². The van der Waals surface area contributed by atoms with Crippen LogP contribution in [0.1, 0.15) is 18.1 Å². The van der Waals surface area contributed by atoms with Crippen LogP contribution in [-0.4, -0.2) is 17.4 Å². The van der Waals surface area contributed by atoms with Gasteiger partial charge in [-0.3, -0.25) is 10.1 Å². The summed E-state index contributed by atoms with van der Waals surface area (Å²) in [7, 11) is 0. The van der Waals surface area contributed by atoms with Crippen LogP contribution in [0.2, 0.25) is 5.02 Å². The highest BCUT2D eigenvalue weighted by Gasteiger charge is 2.05. The summed E-state index contributed by atoms with van der Waals surface area (Å²) in [6.07, 6.45) is 0. The number of nitro benzene ring substituents is 1. The highest BCUT2D eigenvalue weighted by molar-refractivity contribution is 14.0. The lowest BCUT2D eigenvalue weighted by molar-refractivity contribution is -0.384. The Balaban J connectivity index is 0.00000312. The number of hydrogen-bond acceptors (Lipinski definition) is 3. The van der Waals surface area contributed by atoms with Crippen molar-refractivity contribution in [3.63, 3.8) is 0 Å². The average Bonchev–Trinajstić information content (AvgIpc) is 2.59. The minimum absolute atomic E-state index is 0. The molecule has 6 nitrogen and oxygen atoms in total. The minimum Gasteiger partial charge on any atom is -0.357 e. The van der Waals surface area contributed by atoms with Crippen LogP contribution in [0.3, 0.4) is 0 Å². The zero-order chi connectivity index (χ0) is 17.4. The number of guanidine groups is 1. The summed E-state index contributed by atoms with van der Waals surface area (Å²) < 4.78 is 0. The fraction of sp³-hybridized carbons (Fsp3) is 0.235. The number of benzene rings is 2. The summed E-state index contributed by atoms with van der Waals surface area (Å²) >= 11 is 5.87. The van der Waals surface area contributed by atoms with Gasteiger partial charge in [0.25, 0.3) is 5.69 Å². The van der Waals surface area contributed by atoms with E-state index >= 15 is 0 Å². The van der Waals surface area contributed by atoms with Crippen molar-refractivity contribution in [3.8, 4) is 0 Å². The van der Waals surface area contributed by atoms with E-state index in [2.05, 4.69) is 15.6 Å². The Bertz CT molecular complexity index is 723. The van der Waals surface area contributed by atoms with Crippen molar-refractivity contribution >= 4 is 47.2 Å². The molecule has 0 aromatic heterocycles. The molecular formula is C17H20ClIN4O2. The number of nitro groups is 1. The number of nitrogens with zero attached hydrogens (tertiary/aromatic N) is 2. The van der Waals surface area contributed by atoms with Crippen molar-refractivity contribution in [2.24, 2.45) is 4.99 Å². The molecule has 2 N–H and O–H groups in total. The topological polar surface area (TPSA) is 79.6 Å². The second-order valence-corrected chi connectivity index (χ2v) is 5.54. The quantitative estimate of drug-likeness (QED) is 0.217. The highest BCUT2D eigenvalue weighted by Crippen LogP contribution is 2.13. The van der Waals surface area contributed by atoms with Crippen molar-refractivity contribution in [2.75, 3.05) is 6.54 Å². The van der Waals surface area contributed by atoms with Crippen LogP contribution >= 0.6 is 35.6 Å². The Hall–Kier alpha value is -1.87. The van der Waals surface area contributed by atoms with E-state index in [4.69, 9.17) is 11.6 Å². The van der Waals surface area contributed by atoms with Crippen molar-refractivity contribution in [3.05, 3.63) is 74.8 Å². The monoisotopic (exact) mass is 474 g/mol. The molecule has 2 aromatic rings. The molecule has 0 aliphatic carbocycles. The van der Waals surface area contributed by atoms with E-state index < -0.39 is 4.92 Å². The van der Waals surface area contributed by atoms with Gasteiger partial charge in [0.05, 0.1) is 11.5 Å². The SMILES string of the molecule is CCNC(=NCc1cccc([N+](=O)[O-])c1)NCc1ccc(Cl)cc1.I. The van der Waals surface area contributed by atoms with Crippen LogP contribution in [-0.2, 0) is 13.1 Å². The lowest BCUT2D eigenvalue weighted by Crippen LogP contribution is -2.36. The van der Waals surface area contributed by atoms with Crippen LogP contribution in [0.25, 0.3) is 0 Å². The van der Waals surface area contributed by atoms with E-state index in [1.54, 1.807) is 6.07 Å². The molecule has 0 aliphatic heterocycles. The van der Waals surface area contributed by atoms with Crippen LogP contribution in [0.4, 0.5) is 5.69 Å². The fourth-order valence-corrected chi connectivity index (χ4v) is 2.19. The maximum atomic E-state index is 10.8. The predicted molar refractivity (Wildman–Crippen MR) is 112 cm³/mol. The summed E-state index contributed by atoms with van der Waals surface area (Å²) in [5.41, 5.74) is 1.94. The fourth-order valence-electron chi connectivity index (χ4n) is 2.07. The van der Waals surface area contributed by atoms with E-state index in [0.717, 1.165) is 17.7 Å². The molecule has 0 heterocycles. The Morgan fingerprint density at radius 1 is 1.16 bits per heavy atom. The van der Waals surface area contributed by atoms with Gasteiger partial charge in [-0.1, -0.05) is 35.9 Å². The third-order valence-electron chi connectivity index (χ3n) is 3.26. The van der Waals surface area contributed by atoms with Crippen LogP contribution in [0.15, 0.2) is 53.5 Å². The third-order valence-corrected chi connectivity index (χ3v) is 3.51. The van der Waals surface area contributed by atoms with Crippen LogP contribution < -0.4 is 10.6 Å². The van der Waals surface area contributed by atoms with Gasteiger partial charge in [0.15, 0.2) is 5.96 Å². The first-order valence-electron chi connectivity index (χ1n) is 7.58. The second kappa shape index (κ2) is 10.9. The standard InChI is InChI=1S/C17H19ClN4O2.HI/c1-2-19-17(20-11-13-6-8-15(18)9-7-13)21-12-14-4-3-5-16(10-14)22(23)24;/h3-10H,2,11-12H2,1H3,(H2,19,20,21);1H. The van der Waals surface area contributed by atoms with E-state index in [9.17, 15) is 10.1 Å². The van der Waals surface area contributed by atoms with Crippen LogP contribution in [0.5, 0.6) is 0 Å². The zero-order valence-corrected chi connectivity index (χ0v) is 16.8. The van der Waals surface area contributed by atoms with Gasteiger partial charge in [-0.25, -0.2) is 4.99 Å². The van der Waals surface area contributed by atoms with Gasteiger partial charge in [0, 0.05) is 30.2 Å². The smallest absolute Gasteiger partial charge is 0.269 e. The highest BCUT2D eigenvalue weighted by atomic mass is 127. The Morgan fingerprint density at radius 2 is 1.88 bits per heavy atom. The third kappa shape index (κ3) is 7.27. The van der Waals surface area contributed by atoms with Crippen molar-refractivity contribution in [1.29, 1.82) is 0 Å². The van der Waals surface area contributed by atoms with Gasteiger partial charge >= 0.3 is 0 Å². The molecule has 0 unspecified atom stereocenters. The Morgan fingerprint density at radius 3 is 2.52 bits per heavy atom. The van der Waals surface area contributed by atoms with E-state index in [1.165, 1.54) is 12.1 Å². The summed E-state index contributed by atoms with van der Waals surface area (Å²) in [5, 5.41) is 17.9. The Kier molecular flexibility index (Phi) is 9.22. The lowest BCUT2D eigenvalue weighted by atomic mass is 10.2. The van der Waals surface area contributed by atoms with Crippen molar-refractivity contribution in [1.82, 2.24) is 10.6 Å². The molecule has 0 aliphatic rings. The summed E-state index contributed by atoms with van der Waals surface area (Å²) in [6.45, 7) is 3.67. The van der Waals surface area contributed by atoms with Gasteiger partial charge in [-0.15, -0.1) is 24.0 Å².